The van der Waals surface area contributed by atoms with Gasteiger partial charge in [-0.1, -0.05) is 11.2 Å². The zero-order valence-corrected chi connectivity index (χ0v) is 19.5. The Labute approximate surface area is 204 Å². The van der Waals surface area contributed by atoms with Crippen molar-refractivity contribution in [1.82, 2.24) is 40.0 Å². The second-order valence-electron chi connectivity index (χ2n) is 8.09. The number of carbonyl (C=O) groups excluding carboxylic acids is 1. The molecule has 14 heteroatoms. The van der Waals surface area contributed by atoms with Crippen molar-refractivity contribution in [1.29, 1.82) is 0 Å². The zero-order valence-electron chi connectivity index (χ0n) is 19.5. The van der Waals surface area contributed by atoms with Crippen molar-refractivity contribution >= 4 is 17.7 Å². The minimum atomic E-state index is -1.73. The van der Waals surface area contributed by atoms with Gasteiger partial charge in [-0.05, 0) is 18.2 Å². The number of aliphatic hydroxyl groups excluding tert-OH is 1. The largest absolute Gasteiger partial charge is 0.477 e. The minimum Gasteiger partial charge on any atom is -0.477 e. The summed E-state index contributed by atoms with van der Waals surface area (Å²) < 4.78 is 10.6. The molecule has 1 aliphatic heterocycles. The van der Waals surface area contributed by atoms with E-state index in [9.17, 15) is 9.90 Å². The number of methoxy groups -OCH3 is 1. The molecule has 5 rings (SSSR count). The van der Waals surface area contributed by atoms with Crippen molar-refractivity contribution in [3.63, 3.8) is 0 Å². The quantitative estimate of drug-likeness (QED) is 0.311. The predicted octanol–water partition coefficient (Wildman–Crippen LogP) is 0.579. The van der Waals surface area contributed by atoms with Crippen molar-refractivity contribution in [2.75, 3.05) is 32.6 Å². The number of hydrogen-bond acceptors (Lipinski definition) is 12. The van der Waals surface area contributed by atoms with Crippen LogP contribution in [0.4, 0.5) is 11.8 Å². The van der Waals surface area contributed by atoms with Crippen molar-refractivity contribution in [2.45, 2.75) is 18.6 Å². The van der Waals surface area contributed by atoms with Gasteiger partial charge in [0.25, 0.3) is 11.8 Å². The molecule has 0 radical (unpaired) electrons. The van der Waals surface area contributed by atoms with Gasteiger partial charge in [0, 0.05) is 32.3 Å². The van der Waals surface area contributed by atoms with Gasteiger partial charge in [-0.15, -0.1) is 10.2 Å². The highest BCUT2D eigenvalue weighted by molar-refractivity contribution is 5.87. The second kappa shape index (κ2) is 9.31. The molecule has 0 aromatic carbocycles. The molecular weight excluding hydrogens is 470 g/mol. The maximum Gasteiger partial charge on any atom is 0.278 e. The molecule has 4 aromatic heterocycles. The fourth-order valence-corrected chi connectivity index (χ4v) is 3.80. The Morgan fingerprint density at radius 1 is 1.17 bits per heavy atom. The molecule has 1 amide bonds. The van der Waals surface area contributed by atoms with Crippen LogP contribution >= 0.6 is 0 Å². The van der Waals surface area contributed by atoms with Gasteiger partial charge in [0.1, 0.15) is 5.69 Å². The molecule has 186 valence electrons. The topological polar surface area (TPSA) is 177 Å². The summed E-state index contributed by atoms with van der Waals surface area (Å²) in [7, 11) is 3.08. The van der Waals surface area contributed by atoms with E-state index in [1.807, 2.05) is 0 Å². The number of likely N-dealkylation sites (tertiary alicyclic amines) is 1. The average molecular weight is 493 g/mol. The van der Waals surface area contributed by atoms with Gasteiger partial charge < -0.3 is 29.7 Å². The number of nitrogens with zero attached hydrogens (tertiary/aromatic N) is 8. The molecule has 0 unspecified atom stereocenters. The highest BCUT2D eigenvalue weighted by atomic mass is 16.5. The van der Waals surface area contributed by atoms with Crippen LogP contribution in [0.3, 0.4) is 0 Å². The predicted molar refractivity (Wildman–Crippen MR) is 124 cm³/mol. The highest BCUT2D eigenvalue weighted by Gasteiger charge is 2.48. The standard InChI is InChI=1S/C22H23N9O5/c1-30-9-7-22(34,20(30)33)17-12-16(29-36-17)14-5-3-4-13(24-14)15-6-8-23-21(25-15)26-18-19(35-2)28-31(27-18)10-11-32/h3-6,8,12,32,34H,7,9-11H2,1-2H3,(H,23,25,26,27)/t22-/m1/s1. The van der Waals surface area contributed by atoms with E-state index in [0.29, 0.717) is 35.1 Å². The maximum absolute atomic E-state index is 12.4. The molecule has 0 aliphatic carbocycles. The van der Waals surface area contributed by atoms with Crippen LogP contribution in [0.5, 0.6) is 5.88 Å². The van der Waals surface area contributed by atoms with Crippen LogP contribution in [0, 0.1) is 0 Å². The van der Waals surface area contributed by atoms with E-state index in [-0.39, 0.29) is 37.2 Å². The number of likely N-dealkylation sites (N-methyl/N-ethyl adjacent to an activating group) is 1. The van der Waals surface area contributed by atoms with Crippen LogP contribution in [-0.2, 0) is 16.9 Å². The first-order chi connectivity index (χ1) is 17.4. The SMILES string of the molecule is COc1nn(CCO)nc1Nc1nccc(-c2cccc(-c3cc([C@]4(O)CCN(C)C4=O)on3)n2)n1. The number of ether oxygens (including phenoxy) is 1. The minimum absolute atomic E-state index is 0.0794. The van der Waals surface area contributed by atoms with E-state index in [4.69, 9.17) is 14.4 Å². The molecule has 5 heterocycles. The van der Waals surface area contributed by atoms with Crippen LogP contribution in [0.1, 0.15) is 12.2 Å². The van der Waals surface area contributed by atoms with Gasteiger partial charge in [-0.3, -0.25) is 4.79 Å². The fourth-order valence-electron chi connectivity index (χ4n) is 3.80. The fraction of sp³-hybridized carbons (Fsp3) is 0.318. The second-order valence-corrected chi connectivity index (χ2v) is 8.09. The molecule has 36 heavy (non-hydrogen) atoms. The lowest BCUT2D eigenvalue weighted by Gasteiger charge is -2.16. The number of rotatable bonds is 8. The van der Waals surface area contributed by atoms with Crippen LogP contribution in [0.2, 0.25) is 0 Å². The van der Waals surface area contributed by atoms with Gasteiger partial charge in [-0.25, -0.2) is 15.0 Å². The normalized spacial score (nSPS) is 17.6. The molecule has 1 atom stereocenters. The number of pyridine rings is 1. The van der Waals surface area contributed by atoms with Gasteiger partial charge in [-0.2, -0.15) is 4.80 Å². The zero-order chi connectivity index (χ0) is 25.3. The third kappa shape index (κ3) is 4.23. The Hall–Kier alpha value is -4.43. The Morgan fingerprint density at radius 2 is 1.94 bits per heavy atom. The summed E-state index contributed by atoms with van der Waals surface area (Å²) in [4.78, 5) is 28.5. The first-order valence-corrected chi connectivity index (χ1v) is 11.0. The molecule has 1 fully saturated rings. The van der Waals surface area contributed by atoms with E-state index in [1.54, 1.807) is 37.5 Å². The lowest BCUT2D eigenvalue weighted by Crippen LogP contribution is -2.35. The lowest BCUT2D eigenvalue weighted by molar-refractivity contribution is -0.144. The first kappa shape index (κ1) is 23.3. The van der Waals surface area contributed by atoms with Crippen LogP contribution in [0.15, 0.2) is 41.1 Å². The Kier molecular flexibility index (Phi) is 6.03. The number of amides is 1. The highest BCUT2D eigenvalue weighted by Crippen LogP contribution is 2.34. The summed E-state index contributed by atoms with van der Waals surface area (Å²) in [6.07, 6.45) is 1.79. The van der Waals surface area contributed by atoms with Crippen molar-refractivity contribution in [2.24, 2.45) is 0 Å². The van der Waals surface area contributed by atoms with E-state index in [1.165, 1.54) is 22.9 Å². The van der Waals surface area contributed by atoms with Gasteiger partial charge in [0.2, 0.25) is 17.4 Å². The van der Waals surface area contributed by atoms with E-state index in [2.05, 4.69) is 35.6 Å². The van der Waals surface area contributed by atoms with Gasteiger partial charge in [0.15, 0.2) is 5.76 Å². The molecular formula is C22H23N9O5. The number of aromatic nitrogens is 7. The molecule has 3 N–H and O–H groups in total. The molecule has 14 nitrogen and oxygen atoms in total. The summed E-state index contributed by atoms with van der Waals surface area (Å²) in [6, 6.07) is 8.52. The molecule has 0 bridgehead atoms. The maximum atomic E-state index is 12.4. The summed E-state index contributed by atoms with van der Waals surface area (Å²) in [6.45, 7) is 0.513. The number of hydrogen-bond donors (Lipinski definition) is 3. The van der Waals surface area contributed by atoms with Gasteiger partial charge in [0.05, 0.1) is 37.3 Å². The number of carbonyl (C=O) groups is 1. The van der Waals surface area contributed by atoms with Gasteiger partial charge >= 0.3 is 0 Å². The number of aliphatic hydroxyl groups is 2. The van der Waals surface area contributed by atoms with Crippen molar-refractivity contribution < 1.29 is 24.3 Å². The first-order valence-electron chi connectivity index (χ1n) is 11.0. The van der Waals surface area contributed by atoms with Crippen LogP contribution < -0.4 is 10.1 Å². The summed E-state index contributed by atoms with van der Waals surface area (Å²) in [5, 5.41) is 35.2. The average Bonchev–Trinajstić information content (AvgIpc) is 3.60. The van der Waals surface area contributed by atoms with Crippen LogP contribution in [-0.4, -0.2) is 83.4 Å². The van der Waals surface area contributed by atoms with Crippen molar-refractivity contribution in [3.05, 3.63) is 42.3 Å². The Balaban J connectivity index is 1.40. The summed E-state index contributed by atoms with van der Waals surface area (Å²) >= 11 is 0. The summed E-state index contributed by atoms with van der Waals surface area (Å²) in [5.41, 5.74) is 0.178. The van der Waals surface area contributed by atoms with E-state index >= 15 is 0 Å². The number of nitrogens with one attached hydrogen (secondary N) is 1. The summed E-state index contributed by atoms with van der Waals surface area (Å²) in [5.74, 6) is 0.415. The lowest BCUT2D eigenvalue weighted by atomic mass is 9.98. The third-order valence-corrected chi connectivity index (χ3v) is 5.70. The third-order valence-electron chi connectivity index (χ3n) is 5.70. The molecule has 0 spiro atoms. The smallest absolute Gasteiger partial charge is 0.278 e. The monoisotopic (exact) mass is 493 g/mol. The molecule has 0 saturated carbocycles. The molecule has 1 aliphatic rings. The number of anilines is 2. The van der Waals surface area contributed by atoms with E-state index < -0.39 is 11.5 Å². The molecule has 4 aromatic rings. The van der Waals surface area contributed by atoms with E-state index in [0.717, 1.165) is 0 Å². The van der Waals surface area contributed by atoms with Crippen LogP contribution in [0.25, 0.3) is 22.8 Å². The Bertz CT molecular complexity index is 1400. The van der Waals surface area contributed by atoms with Crippen molar-refractivity contribution in [3.8, 4) is 28.7 Å². The molecule has 1 saturated heterocycles. The Morgan fingerprint density at radius 3 is 2.67 bits per heavy atom.